The summed E-state index contributed by atoms with van der Waals surface area (Å²) in [6, 6.07) is 15.0. The molecule has 0 fully saturated rings. The van der Waals surface area contributed by atoms with Crippen molar-refractivity contribution < 1.29 is 13.6 Å². The van der Waals surface area contributed by atoms with Gasteiger partial charge in [-0.2, -0.15) is 0 Å². The molecule has 0 spiro atoms. The van der Waals surface area contributed by atoms with E-state index in [1.54, 1.807) is 24.4 Å². The molecule has 3 aromatic heterocycles. The van der Waals surface area contributed by atoms with Gasteiger partial charge >= 0.3 is 0 Å². The van der Waals surface area contributed by atoms with Crippen LogP contribution in [0.3, 0.4) is 0 Å². The number of anilines is 1. The van der Waals surface area contributed by atoms with E-state index in [-0.39, 0.29) is 17.2 Å². The van der Waals surface area contributed by atoms with Gasteiger partial charge in [-0.05, 0) is 48.9 Å². The molecule has 2 aromatic carbocycles. The lowest BCUT2D eigenvalue weighted by atomic mass is 10.0. The molecule has 1 amide bonds. The van der Waals surface area contributed by atoms with Crippen molar-refractivity contribution in [1.29, 1.82) is 0 Å². The van der Waals surface area contributed by atoms with Gasteiger partial charge < -0.3 is 9.38 Å². The van der Waals surface area contributed by atoms with Crippen LogP contribution in [0.2, 0.25) is 5.02 Å². The first-order chi connectivity index (χ1) is 15.4. The van der Waals surface area contributed by atoms with Crippen molar-refractivity contribution in [3.05, 3.63) is 82.8 Å². The van der Waals surface area contributed by atoms with Crippen LogP contribution in [0, 0.1) is 6.92 Å². The van der Waals surface area contributed by atoms with Gasteiger partial charge in [0.1, 0.15) is 11.3 Å². The highest BCUT2D eigenvalue weighted by atomic mass is 35.5. The molecule has 2 N–H and O–H groups in total. The molecule has 0 unspecified atom stereocenters. The second kappa shape index (κ2) is 7.72. The van der Waals surface area contributed by atoms with Gasteiger partial charge in [-0.1, -0.05) is 29.8 Å². The standard InChI is InChI=1S/C23H16ClF2N5O/c1-12-3-2-4-20-27-19(11-31(12)20)22(32)30-23-28-17-8-6-13(10-18(17)29-23)15-9-14(21(25)26)5-7-16(15)24/h2-11,21H,1H3,(H2,28,29,30,32). The molecule has 0 aliphatic rings. The van der Waals surface area contributed by atoms with Gasteiger partial charge in [0.05, 0.1) is 11.0 Å². The number of pyridine rings is 1. The number of halogens is 3. The van der Waals surface area contributed by atoms with Crippen LogP contribution in [0.4, 0.5) is 14.7 Å². The number of carbonyl (C=O) groups is 1. The van der Waals surface area contributed by atoms with Crippen LogP contribution in [-0.4, -0.2) is 25.3 Å². The second-order valence-corrected chi connectivity index (χ2v) is 7.74. The summed E-state index contributed by atoms with van der Waals surface area (Å²) in [6.45, 7) is 1.93. The maximum Gasteiger partial charge on any atom is 0.278 e. The van der Waals surface area contributed by atoms with E-state index >= 15 is 0 Å². The highest BCUT2D eigenvalue weighted by Gasteiger charge is 2.15. The average Bonchev–Trinajstić information content (AvgIpc) is 3.38. The van der Waals surface area contributed by atoms with Crippen molar-refractivity contribution in [1.82, 2.24) is 19.4 Å². The van der Waals surface area contributed by atoms with E-state index in [0.29, 0.717) is 32.8 Å². The van der Waals surface area contributed by atoms with Crippen LogP contribution < -0.4 is 5.32 Å². The van der Waals surface area contributed by atoms with Crippen LogP contribution in [0.1, 0.15) is 28.2 Å². The van der Waals surface area contributed by atoms with Crippen LogP contribution >= 0.6 is 11.6 Å². The topological polar surface area (TPSA) is 75.1 Å². The summed E-state index contributed by atoms with van der Waals surface area (Å²) in [5, 5.41) is 3.08. The predicted molar refractivity (Wildman–Crippen MR) is 119 cm³/mol. The van der Waals surface area contributed by atoms with Gasteiger partial charge in [0.2, 0.25) is 5.95 Å². The number of fused-ring (bicyclic) bond motifs is 2. The SMILES string of the molecule is Cc1cccc2nc(C(=O)Nc3nc4ccc(-c5cc(C(F)F)ccc5Cl)cc4[nH]3)cn12. The van der Waals surface area contributed by atoms with Crippen LogP contribution in [0.15, 0.2) is 60.8 Å². The maximum atomic E-state index is 13.1. The van der Waals surface area contributed by atoms with E-state index in [9.17, 15) is 13.6 Å². The van der Waals surface area contributed by atoms with Gasteiger partial charge in [0, 0.05) is 28.0 Å². The van der Waals surface area contributed by atoms with Crippen LogP contribution in [-0.2, 0) is 0 Å². The Hall–Kier alpha value is -3.78. The summed E-state index contributed by atoms with van der Waals surface area (Å²) < 4.78 is 28.0. The van der Waals surface area contributed by atoms with Crippen molar-refractivity contribution in [3.8, 4) is 11.1 Å². The van der Waals surface area contributed by atoms with Crippen LogP contribution in [0.25, 0.3) is 27.8 Å². The monoisotopic (exact) mass is 451 g/mol. The third kappa shape index (κ3) is 3.58. The molecule has 0 atom stereocenters. The van der Waals surface area contributed by atoms with E-state index in [2.05, 4.69) is 20.3 Å². The van der Waals surface area contributed by atoms with E-state index < -0.39 is 12.3 Å². The van der Waals surface area contributed by atoms with Crippen molar-refractivity contribution in [2.75, 3.05) is 5.32 Å². The molecule has 5 aromatic rings. The fraction of sp³-hybridized carbons (Fsp3) is 0.0870. The predicted octanol–water partition coefficient (Wildman–Crippen LogP) is 6.03. The quantitative estimate of drug-likeness (QED) is 0.350. The van der Waals surface area contributed by atoms with Gasteiger partial charge in [-0.25, -0.2) is 18.7 Å². The van der Waals surface area contributed by atoms with Crippen molar-refractivity contribution in [2.24, 2.45) is 0 Å². The lowest BCUT2D eigenvalue weighted by Gasteiger charge is -2.07. The first-order valence-electron chi connectivity index (χ1n) is 9.73. The van der Waals surface area contributed by atoms with Crippen molar-refractivity contribution >= 4 is 40.1 Å². The van der Waals surface area contributed by atoms with Gasteiger partial charge in [0.15, 0.2) is 0 Å². The Morgan fingerprint density at radius 1 is 1.12 bits per heavy atom. The first-order valence-corrected chi connectivity index (χ1v) is 10.1. The fourth-order valence-corrected chi connectivity index (χ4v) is 3.79. The Bertz CT molecular complexity index is 1490. The minimum Gasteiger partial charge on any atom is -0.324 e. The molecule has 3 heterocycles. The zero-order chi connectivity index (χ0) is 22.4. The number of aryl methyl sites for hydroxylation is 1. The lowest BCUT2D eigenvalue weighted by Crippen LogP contribution is -2.13. The average molecular weight is 452 g/mol. The van der Waals surface area contributed by atoms with Crippen molar-refractivity contribution in [2.45, 2.75) is 13.3 Å². The molecule has 0 saturated carbocycles. The summed E-state index contributed by atoms with van der Waals surface area (Å²) in [7, 11) is 0. The number of aromatic nitrogens is 4. The molecule has 6 nitrogen and oxygen atoms in total. The second-order valence-electron chi connectivity index (χ2n) is 7.33. The molecule has 160 valence electrons. The van der Waals surface area contributed by atoms with E-state index in [1.165, 1.54) is 18.2 Å². The smallest absolute Gasteiger partial charge is 0.278 e. The Morgan fingerprint density at radius 3 is 2.75 bits per heavy atom. The number of rotatable bonds is 4. The number of nitrogens with one attached hydrogen (secondary N) is 2. The number of alkyl halides is 2. The minimum absolute atomic E-state index is 0.107. The van der Waals surface area contributed by atoms with E-state index in [1.807, 2.05) is 29.5 Å². The summed E-state index contributed by atoms with van der Waals surface area (Å²) >= 11 is 6.24. The summed E-state index contributed by atoms with van der Waals surface area (Å²) in [6.07, 6.45) is -0.925. The molecular formula is C23H16ClF2N5O. The first kappa shape index (κ1) is 20.1. The number of hydrogen-bond acceptors (Lipinski definition) is 3. The summed E-state index contributed by atoms with van der Waals surface area (Å²) in [4.78, 5) is 24.4. The Kier molecular flexibility index (Phi) is 4.86. The molecule has 0 saturated heterocycles. The third-order valence-electron chi connectivity index (χ3n) is 5.20. The largest absolute Gasteiger partial charge is 0.324 e. The molecule has 0 radical (unpaired) electrons. The number of imidazole rings is 2. The lowest BCUT2D eigenvalue weighted by molar-refractivity contribution is 0.102. The van der Waals surface area contributed by atoms with Gasteiger partial charge in [-0.15, -0.1) is 0 Å². The summed E-state index contributed by atoms with van der Waals surface area (Å²) in [5.74, 6) is -0.150. The van der Waals surface area contributed by atoms with E-state index in [0.717, 1.165) is 5.69 Å². The van der Waals surface area contributed by atoms with Gasteiger partial charge in [-0.3, -0.25) is 10.1 Å². The molecule has 0 aliphatic heterocycles. The van der Waals surface area contributed by atoms with E-state index in [4.69, 9.17) is 11.6 Å². The molecular weight excluding hydrogens is 436 g/mol. The number of nitrogens with zero attached hydrogens (tertiary/aromatic N) is 3. The highest BCUT2D eigenvalue weighted by Crippen LogP contribution is 2.33. The molecule has 0 aliphatic carbocycles. The zero-order valence-corrected chi connectivity index (χ0v) is 17.5. The zero-order valence-electron chi connectivity index (χ0n) is 16.7. The molecule has 32 heavy (non-hydrogen) atoms. The fourth-order valence-electron chi connectivity index (χ4n) is 3.57. The normalized spacial score (nSPS) is 11.5. The molecule has 9 heteroatoms. The number of benzene rings is 2. The highest BCUT2D eigenvalue weighted by molar-refractivity contribution is 6.33. The Morgan fingerprint density at radius 2 is 1.97 bits per heavy atom. The van der Waals surface area contributed by atoms with Crippen molar-refractivity contribution in [3.63, 3.8) is 0 Å². The minimum atomic E-state index is -2.59. The maximum absolute atomic E-state index is 13.1. The Labute approximate surface area is 185 Å². The number of amides is 1. The Balaban J connectivity index is 1.44. The number of aromatic amines is 1. The number of H-pyrrole nitrogens is 1. The molecule has 5 rings (SSSR count). The third-order valence-corrected chi connectivity index (χ3v) is 5.53. The van der Waals surface area contributed by atoms with Gasteiger partial charge in [0.25, 0.3) is 12.3 Å². The number of carbonyl (C=O) groups excluding carboxylic acids is 1. The van der Waals surface area contributed by atoms with Crippen LogP contribution in [0.5, 0.6) is 0 Å². The molecule has 0 bridgehead atoms. The number of hydrogen-bond donors (Lipinski definition) is 2. The summed E-state index contributed by atoms with van der Waals surface area (Å²) in [5.41, 5.74) is 4.17.